The van der Waals surface area contributed by atoms with Crippen molar-refractivity contribution >= 4 is 11.6 Å². The molecule has 1 aromatic rings. The van der Waals surface area contributed by atoms with Gasteiger partial charge in [0.05, 0.1) is 32.3 Å². The largest absolute Gasteiger partial charge is 0.493 e. The van der Waals surface area contributed by atoms with E-state index in [1.54, 1.807) is 24.3 Å². The second-order valence-corrected chi connectivity index (χ2v) is 4.07. The molecule has 6 heteroatoms. The number of hydrogen-bond acceptors (Lipinski definition) is 5. The van der Waals surface area contributed by atoms with E-state index < -0.39 is 0 Å². The maximum Gasteiger partial charge on any atom is 0.223 e. The fourth-order valence-corrected chi connectivity index (χ4v) is 1.47. The molecule has 0 aliphatic heterocycles. The molecule has 106 valence electrons. The number of hydrogen-bond donors (Lipinski definition) is 3. The van der Waals surface area contributed by atoms with Gasteiger partial charge in [-0.3, -0.25) is 4.79 Å². The van der Waals surface area contributed by atoms with Crippen molar-refractivity contribution in [1.29, 1.82) is 0 Å². The Balaban J connectivity index is 2.24. The predicted molar refractivity (Wildman–Crippen MR) is 71.9 cm³/mol. The Morgan fingerprint density at radius 1 is 1.42 bits per heavy atom. The van der Waals surface area contributed by atoms with Crippen molar-refractivity contribution in [1.82, 2.24) is 5.32 Å². The molecule has 1 atom stereocenters. The van der Waals surface area contributed by atoms with Crippen molar-refractivity contribution in [3.05, 3.63) is 24.3 Å². The monoisotopic (exact) mass is 268 g/mol. The summed E-state index contributed by atoms with van der Waals surface area (Å²) in [6, 6.07) is 6.57. The first-order valence-electron chi connectivity index (χ1n) is 6.03. The molecule has 0 aromatic heterocycles. The molecule has 1 aromatic carbocycles. The third-order valence-corrected chi connectivity index (χ3v) is 2.43. The van der Waals surface area contributed by atoms with Gasteiger partial charge in [-0.2, -0.15) is 0 Å². The molecule has 0 radical (unpaired) electrons. The molecule has 19 heavy (non-hydrogen) atoms. The van der Waals surface area contributed by atoms with Crippen molar-refractivity contribution in [2.45, 2.75) is 12.5 Å². The molecular formula is C13H20N2O4. The number of nitrogens with one attached hydrogen (secondary N) is 1. The highest BCUT2D eigenvalue weighted by Crippen LogP contribution is 2.13. The molecule has 0 heterocycles. The summed E-state index contributed by atoms with van der Waals surface area (Å²) in [5, 5.41) is 11.6. The molecule has 6 nitrogen and oxygen atoms in total. The lowest BCUT2D eigenvalue weighted by molar-refractivity contribution is -0.123. The molecule has 1 unspecified atom stereocenters. The molecular weight excluding hydrogens is 248 g/mol. The molecule has 4 N–H and O–H groups in total. The summed E-state index contributed by atoms with van der Waals surface area (Å²) < 4.78 is 10.3. The van der Waals surface area contributed by atoms with Crippen LogP contribution in [0.5, 0.6) is 5.75 Å². The van der Waals surface area contributed by atoms with Gasteiger partial charge in [0.15, 0.2) is 0 Å². The Morgan fingerprint density at radius 2 is 2.11 bits per heavy atom. The van der Waals surface area contributed by atoms with Gasteiger partial charge in [-0.25, -0.2) is 0 Å². The van der Waals surface area contributed by atoms with Crippen LogP contribution in [0.25, 0.3) is 0 Å². The Bertz CT molecular complexity index is 381. The maximum absolute atomic E-state index is 11.6. The van der Waals surface area contributed by atoms with E-state index in [1.807, 2.05) is 0 Å². The molecule has 0 saturated carbocycles. The second kappa shape index (κ2) is 8.34. The SMILES string of the molecule is COCC(CO)NC(=O)CCOc1ccc(N)cc1. The van der Waals surface area contributed by atoms with Gasteiger partial charge in [0.2, 0.25) is 5.91 Å². The summed E-state index contributed by atoms with van der Waals surface area (Å²) in [7, 11) is 1.51. The van der Waals surface area contributed by atoms with Crippen LogP contribution in [0, 0.1) is 0 Å². The van der Waals surface area contributed by atoms with Crippen LogP contribution in [0.2, 0.25) is 0 Å². The predicted octanol–water partition coefficient (Wildman–Crippen LogP) is 0.161. The topological polar surface area (TPSA) is 93.8 Å². The van der Waals surface area contributed by atoms with Gasteiger partial charge in [0.25, 0.3) is 0 Å². The van der Waals surface area contributed by atoms with Crippen LogP contribution < -0.4 is 15.8 Å². The van der Waals surface area contributed by atoms with Gasteiger partial charge >= 0.3 is 0 Å². The number of anilines is 1. The Hall–Kier alpha value is -1.79. The fourth-order valence-electron chi connectivity index (χ4n) is 1.47. The van der Waals surface area contributed by atoms with Crippen LogP contribution in [0.4, 0.5) is 5.69 Å². The van der Waals surface area contributed by atoms with E-state index in [1.165, 1.54) is 7.11 Å². The molecule has 0 aliphatic carbocycles. The van der Waals surface area contributed by atoms with Gasteiger partial charge in [0, 0.05) is 12.8 Å². The molecule has 1 amide bonds. The van der Waals surface area contributed by atoms with E-state index in [-0.39, 0.29) is 38.2 Å². The van der Waals surface area contributed by atoms with Crippen molar-refractivity contribution in [3.8, 4) is 5.75 Å². The second-order valence-electron chi connectivity index (χ2n) is 4.07. The van der Waals surface area contributed by atoms with E-state index in [0.717, 1.165) is 0 Å². The van der Waals surface area contributed by atoms with E-state index >= 15 is 0 Å². The standard InChI is InChI=1S/C13H20N2O4/c1-18-9-11(8-16)15-13(17)6-7-19-12-4-2-10(14)3-5-12/h2-5,11,16H,6-9,14H2,1H3,(H,15,17). The van der Waals surface area contributed by atoms with Gasteiger partial charge in [-0.05, 0) is 24.3 Å². The molecule has 0 saturated heterocycles. The summed E-state index contributed by atoms with van der Waals surface area (Å²) in [4.78, 5) is 11.6. The summed E-state index contributed by atoms with van der Waals surface area (Å²) in [5.41, 5.74) is 6.21. The Morgan fingerprint density at radius 3 is 2.68 bits per heavy atom. The van der Waals surface area contributed by atoms with E-state index in [9.17, 15) is 4.79 Å². The van der Waals surface area contributed by atoms with E-state index in [4.69, 9.17) is 20.3 Å². The molecule has 0 fully saturated rings. The van der Waals surface area contributed by atoms with E-state index in [2.05, 4.69) is 5.32 Å². The average Bonchev–Trinajstić information content (AvgIpc) is 2.40. The number of ether oxygens (including phenoxy) is 2. The first-order chi connectivity index (χ1) is 9.15. The highest BCUT2D eigenvalue weighted by Gasteiger charge is 2.10. The molecule has 1 rings (SSSR count). The minimum Gasteiger partial charge on any atom is -0.493 e. The number of methoxy groups -OCH3 is 1. The quantitative estimate of drug-likeness (QED) is 0.584. The fraction of sp³-hybridized carbons (Fsp3) is 0.462. The minimum atomic E-state index is -0.381. The van der Waals surface area contributed by atoms with Crippen molar-refractivity contribution in [2.75, 3.05) is 32.7 Å². The molecule has 0 bridgehead atoms. The molecule has 0 spiro atoms. The number of nitrogen functional groups attached to an aromatic ring is 1. The number of aliphatic hydroxyl groups is 1. The number of amides is 1. The third kappa shape index (κ3) is 6.08. The highest BCUT2D eigenvalue weighted by molar-refractivity contribution is 5.76. The van der Waals surface area contributed by atoms with Crippen LogP contribution in [0.1, 0.15) is 6.42 Å². The normalized spacial score (nSPS) is 11.9. The Kier molecular flexibility index (Phi) is 6.70. The van der Waals surface area contributed by atoms with Crippen molar-refractivity contribution in [2.24, 2.45) is 0 Å². The third-order valence-electron chi connectivity index (χ3n) is 2.43. The number of rotatable bonds is 8. The maximum atomic E-state index is 11.6. The van der Waals surface area contributed by atoms with Crippen LogP contribution in [0.15, 0.2) is 24.3 Å². The number of carbonyl (C=O) groups excluding carboxylic acids is 1. The summed E-state index contributed by atoms with van der Waals surface area (Å²) in [6.45, 7) is 0.389. The lowest BCUT2D eigenvalue weighted by Crippen LogP contribution is -2.41. The van der Waals surface area contributed by atoms with Crippen LogP contribution >= 0.6 is 0 Å². The number of aliphatic hydroxyl groups excluding tert-OH is 1. The number of carbonyl (C=O) groups is 1. The summed E-state index contributed by atoms with van der Waals surface area (Å²) in [5.74, 6) is 0.476. The zero-order valence-electron chi connectivity index (χ0n) is 11.0. The Labute approximate surface area is 112 Å². The van der Waals surface area contributed by atoms with Gasteiger partial charge < -0.3 is 25.6 Å². The average molecular weight is 268 g/mol. The van der Waals surface area contributed by atoms with Gasteiger partial charge in [0.1, 0.15) is 5.75 Å². The first kappa shape index (κ1) is 15.3. The lowest BCUT2D eigenvalue weighted by atomic mass is 10.3. The zero-order valence-corrected chi connectivity index (χ0v) is 11.0. The van der Waals surface area contributed by atoms with Crippen molar-refractivity contribution in [3.63, 3.8) is 0 Å². The van der Waals surface area contributed by atoms with E-state index in [0.29, 0.717) is 11.4 Å². The lowest BCUT2D eigenvalue weighted by Gasteiger charge is -2.15. The first-order valence-corrected chi connectivity index (χ1v) is 6.03. The summed E-state index contributed by atoms with van der Waals surface area (Å²) >= 11 is 0. The smallest absolute Gasteiger partial charge is 0.223 e. The van der Waals surface area contributed by atoms with Crippen molar-refractivity contribution < 1.29 is 19.4 Å². The van der Waals surface area contributed by atoms with Crippen LogP contribution in [-0.4, -0.2) is 44.0 Å². The highest BCUT2D eigenvalue weighted by atomic mass is 16.5. The van der Waals surface area contributed by atoms with Crippen LogP contribution in [-0.2, 0) is 9.53 Å². The molecule has 0 aliphatic rings. The zero-order chi connectivity index (χ0) is 14.1. The number of benzene rings is 1. The summed E-state index contributed by atoms with van der Waals surface area (Å²) in [6.07, 6.45) is 0.213. The van der Waals surface area contributed by atoms with Gasteiger partial charge in [-0.1, -0.05) is 0 Å². The van der Waals surface area contributed by atoms with Gasteiger partial charge in [-0.15, -0.1) is 0 Å². The number of nitrogens with two attached hydrogens (primary N) is 1. The minimum absolute atomic E-state index is 0.154. The van der Waals surface area contributed by atoms with Crippen LogP contribution in [0.3, 0.4) is 0 Å².